The Bertz CT molecular complexity index is 582. The number of nitrogens with two attached hydrogens (primary N) is 3. The smallest absolute Gasteiger partial charge is 0.154 e. The Morgan fingerprint density at radius 3 is 2.61 bits per heavy atom. The molecule has 0 aliphatic heterocycles. The molecule has 0 spiro atoms. The summed E-state index contributed by atoms with van der Waals surface area (Å²) in [5, 5.41) is 1.28. The Morgan fingerprint density at radius 2 is 2.04 bits per heavy atom. The normalized spacial score (nSPS) is 16.9. The van der Waals surface area contributed by atoms with Crippen LogP contribution in [0, 0.1) is 12.7 Å². The molecule has 0 radical (unpaired) electrons. The highest BCUT2D eigenvalue weighted by atomic mass is 19.1. The molecule has 0 aromatic carbocycles. The fourth-order valence-corrected chi connectivity index (χ4v) is 2.82. The van der Waals surface area contributed by atoms with Crippen LogP contribution in [0.5, 0.6) is 5.75 Å². The first-order chi connectivity index (χ1) is 10.9. The lowest BCUT2D eigenvalue weighted by Crippen LogP contribution is -2.32. The molecule has 1 aromatic rings. The Morgan fingerprint density at radius 1 is 1.39 bits per heavy atom. The van der Waals surface area contributed by atoms with Gasteiger partial charge in [0, 0.05) is 19.7 Å². The van der Waals surface area contributed by atoms with E-state index in [1.165, 1.54) is 17.5 Å². The van der Waals surface area contributed by atoms with Crippen molar-refractivity contribution in [1.82, 2.24) is 9.99 Å². The van der Waals surface area contributed by atoms with Crippen molar-refractivity contribution in [3.8, 4) is 5.75 Å². The highest BCUT2D eigenvalue weighted by Crippen LogP contribution is 2.28. The molecule has 0 saturated heterocycles. The summed E-state index contributed by atoms with van der Waals surface area (Å²) in [6.45, 7) is 1.88. The maximum absolute atomic E-state index is 14.4. The van der Waals surface area contributed by atoms with Crippen LogP contribution in [0.15, 0.2) is 11.8 Å². The first kappa shape index (κ1) is 17.5. The average molecular weight is 323 g/mol. The van der Waals surface area contributed by atoms with E-state index in [-0.39, 0.29) is 24.0 Å². The molecule has 1 saturated carbocycles. The summed E-state index contributed by atoms with van der Waals surface area (Å²) in [5.41, 5.74) is 12.8. The van der Waals surface area contributed by atoms with Gasteiger partial charge in [-0.05, 0) is 32.6 Å². The van der Waals surface area contributed by atoms with Crippen LogP contribution in [-0.2, 0) is 0 Å². The van der Waals surface area contributed by atoms with Gasteiger partial charge in [0.1, 0.15) is 11.4 Å². The molecule has 1 heterocycles. The molecule has 0 unspecified atom stereocenters. The van der Waals surface area contributed by atoms with Gasteiger partial charge in [-0.15, -0.1) is 0 Å². The quantitative estimate of drug-likeness (QED) is 0.562. The SMILES string of the molecule is Cc1nc(/C(N)=C(\CN)N(C)N)c(F)cc1OC1CCCCC1. The first-order valence-corrected chi connectivity index (χ1v) is 7.95. The minimum atomic E-state index is -0.535. The number of pyridine rings is 1. The molecule has 6 nitrogen and oxygen atoms in total. The minimum absolute atomic E-state index is 0.0521. The molecule has 7 heteroatoms. The van der Waals surface area contributed by atoms with Crippen molar-refractivity contribution in [1.29, 1.82) is 0 Å². The van der Waals surface area contributed by atoms with Crippen molar-refractivity contribution < 1.29 is 9.13 Å². The molecule has 1 aliphatic rings. The molecule has 0 amide bonds. The maximum Gasteiger partial charge on any atom is 0.154 e. The monoisotopic (exact) mass is 323 g/mol. The van der Waals surface area contributed by atoms with Gasteiger partial charge in [0.25, 0.3) is 0 Å². The van der Waals surface area contributed by atoms with E-state index in [0.29, 0.717) is 17.1 Å². The van der Waals surface area contributed by atoms with Gasteiger partial charge in [-0.3, -0.25) is 0 Å². The summed E-state index contributed by atoms with van der Waals surface area (Å²) in [6, 6.07) is 1.35. The molecule has 23 heavy (non-hydrogen) atoms. The summed E-state index contributed by atoms with van der Waals surface area (Å²) in [4.78, 5) is 4.27. The number of likely N-dealkylation sites (N-methyl/N-ethyl adjacent to an activating group) is 1. The summed E-state index contributed by atoms with van der Waals surface area (Å²) in [5.74, 6) is 5.61. The van der Waals surface area contributed by atoms with Crippen LogP contribution in [0.25, 0.3) is 5.70 Å². The lowest BCUT2D eigenvalue weighted by Gasteiger charge is -2.24. The number of aromatic nitrogens is 1. The zero-order valence-electron chi connectivity index (χ0n) is 13.8. The number of hydrazine groups is 1. The molecular weight excluding hydrogens is 297 g/mol. The van der Waals surface area contributed by atoms with Crippen LogP contribution in [-0.4, -0.2) is 29.7 Å². The predicted octanol–water partition coefficient (Wildman–Crippen LogP) is 1.63. The van der Waals surface area contributed by atoms with E-state index in [1.54, 1.807) is 14.0 Å². The van der Waals surface area contributed by atoms with Crippen molar-refractivity contribution in [2.24, 2.45) is 17.3 Å². The molecule has 6 N–H and O–H groups in total. The second kappa shape index (κ2) is 7.61. The van der Waals surface area contributed by atoms with Gasteiger partial charge in [-0.25, -0.2) is 15.2 Å². The summed E-state index contributed by atoms with van der Waals surface area (Å²) in [7, 11) is 1.60. The number of rotatable bonds is 5. The van der Waals surface area contributed by atoms with Crippen LogP contribution >= 0.6 is 0 Å². The second-order valence-corrected chi connectivity index (χ2v) is 5.96. The van der Waals surface area contributed by atoms with E-state index in [9.17, 15) is 4.39 Å². The van der Waals surface area contributed by atoms with Gasteiger partial charge in [-0.1, -0.05) is 6.42 Å². The minimum Gasteiger partial charge on any atom is -0.488 e. The van der Waals surface area contributed by atoms with E-state index in [4.69, 9.17) is 22.0 Å². The van der Waals surface area contributed by atoms with Gasteiger partial charge >= 0.3 is 0 Å². The van der Waals surface area contributed by atoms with Crippen LogP contribution < -0.4 is 22.0 Å². The van der Waals surface area contributed by atoms with Crippen molar-refractivity contribution in [3.05, 3.63) is 29.0 Å². The van der Waals surface area contributed by atoms with Crippen molar-refractivity contribution in [2.45, 2.75) is 45.1 Å². The van der Waals surface area contributed by atoms with Gasteiger partial charge in [0.15, 0.2) is 5.82 Å². The molecule has 1 aromatic heterocycles. The lowest BCUT2D eigenvalue weighted by atomic mass is 9.98. The van der Waals surface area contributed by atoms with E-state index >= 15 is 0 Å². The standard InChI is InChI=1S/C16H26FN5O/c1-10-14(23-11-6-4-3-5-7-11)8-12(17)16(21-10)15(19)13(9-18)22(2)20/h8,11H,3-7,9,18-20H2,1-2H3/b15-13-. The van der Waals surface area contributed by atoms with E-state index in [1.807, 2.05) is 0 Å². The average Bonchev–Trinajstić information content (AvgIpc) is 2.51. The number of halogens is 1. The van der Waals surface area contributed by atoms with E-state index in [2.05, 4.69) is 4.98 Å². The zero-order valence-corrected chi connectivity index (χ0v) is 13.8. The summed E-state index contributed by atoms with van der Waals surface area (Å²) in [6.07, 6.45) is 5.67. The molecule has 128 valence electrons. The van der Waals surface area contributed by atoms with Gasteiger partial charge in [0.2, 0.25) is 0 Å². The van der Waals surface area contributed by atoms with Crippen molar-refractivity contribution in [2.75, 3.05) is 13.6 Å². The maximum atomic E-state index is 14.4. The molecule has 1 fully saturated rings. The highest BCUT2D eigenvalue weighted by molar-refractivity contribution is 5.64. The van der Waals surface area contributed by atoms with E-state index < -0.39 is 5.82 Å². The Hall–Kier alpha value is -1.86. The highest BCUT2D eigenvalue weighted by Gasteiger charge is 2.20. The van der Waals surface area contributed by atoms with Gasteiger partial charge in [0.05, 0.1) is 23.2 Å². The number of hydrogen-bond acceptors (Lipinski definition) is 6. The van der Waals surface area contributed by atoms with Crippen molar-refractivity contribution >= 4 is 5.70 Å². The van der Waals surface area contributed by atoms with Crippen molar-refractivity contribution in [3.63, 3.8) is 0 Å². The zero-order chi connectivity index (χ0) is 17.0. The fourth-order valence-electron chi connectivity index (χ4n) is 2.82. The van der Waals surface area contributed by atoms with Crippen LogP contribution in [0.2, 0.25) is 0 Å². The Kier molecular flexibility index (Phi) is 5.79. The third-order valence-electron chi connectivity index (χ3n) is 4.15. The number of ether oxygens (including phenoxy) is 1. The molecule has 1 aliphatic carbocycles. The van der Waals surface area contributed by atoms with Crippen LogP contribution in [0.3, 0.4) is 0 Å². The topological polar surface area (TPSA) is 103 Å². The van der Waals surface area contributed by atoms with Crippen LogP contribution in [0.4, 0.5) is 4.39 Å². The summed E-state index contributed by atoms with van der Waals surface area (Å²) >= 11 is 0. The lowest BCUT2D eigenvalue weighted by molar-refractivity contribution is 0.152. The fraction of sp³-hybridized carbons (Fsp3) is 0.562. The second-order valence-electron chi connectivity index (χ2n) is 5.96. The number of hydrogen-bond donors (Lipinski definition) is 3. The predicted molar refractivity (Wildman–Crippen MR) is 88.5 cm³/mol. The third-order valence-corrected chi connectivity index (χ3v) is 4.15. The number of aryl methyl sites for hydroxylation is 1. The Balaban J connectivity index is 2.29. The van der Waals surface area contributed by atoms with Crippen LogP contribution in [0.1, 0.15) is 43.5 Å². The molecular formula is C16H26FN5O. The Labute approximate surface area is 136 Å². The third kappa shape index (κ3) is 4.11. The summed E-state index contributed by atoms with van der Waals surface area (Å²) < 4.78 is 20.4. The van der Waals surface area contributed by atoms with Gasteiger partial charge < -0.3 is 21.2 Å². The van der Waals surface area contributed by atoms with Gasteiger partial charge in [-0.2, -0.15) is 0 Å². The molecule has 2 rings (SSSR count). The first-order valence-electron chi connectivity index (χ1n) is 7.95. The molecule has 0 bridgehead atoms. The number of nitrogens with zero attached hydrogens (tertiary/aromatic N) is 2. The molecule has 0 atom stereocenters. The largest absolute Gasteiger partial charge is 0.488 e. The van der Waals surface area contributed by atoms with E-state index in [0.717, 1.165) is 25.7 Å².